The van der Waals surface area contributed by atoms with Gasteiger partial charge in [0.1, 0.15) is 11.7 Å². The number of ketones is 1. The van der Waals surface area contributed by atoms with Crippen LogP contribution in [0.5, 0.6) is 5.75 Å². The van der Waals surface area contributed by atoms with Gasteiger partial charge in [-0.15, -0.1) is 13.2 Å². The molecule has 15 heteroatoms. The molecule has 2 amide bonds. The van der Waals surface area contributed by atoms with E-state index in [0.29, 0.717) is 0 Å². The molecular formula is C21H16Cl2F3N3O6S. The highest BCUT2D eigenvalue weighted by molar-refractivity contribution is 7.89. The Balaban J connectivity index is 1.42. The molecule has 0 radical (unpaired) electrons. The summed E-state index contributed by atoms with van der Waals surface area (Å²) < 4.78 is 68.2. The number of nitrogens with one attached hydrogen (secondary N) is 2. The molecular weight excluding hydrogens is 550 g/mol. The average molecular weight is 566 g/mol. The molecule has 2 aromatic carbocycles. The number of rotatable bonds is 6. The van der Waals surface area contributed by atoms with Crippen LogP contribution in [0, 0.1) is 5.92 Å². The van der Waals surface area contributed by atoms with E-state index >= 15 is 0 Å². The van der Waals surface area contributed by atoms with Gasteiger partial charge < -0.3 is 15.4 Å². The number of hydrogen-bond donors (Lipinski definition) is 2. The van der Waals surface area contributed by atoms with Crippen LogP contribution >= 0.6 is 23.2 Å². The quantitative estimate of drug-likeness (QED) is 0.410. The largest absolute Gasteiger partial charge is 0.573 e. The normalized spacial score (nSPS) is 18.8. The molecule has 0 aromatic heterocycles. The summed E-state index contributed by atoms with van der Waals surface area (Å²) in [6.45, 7) is 0.0793. The molecule has 192 valence electrons. The third-order valence-corrected chi connectivity index (χ3v) is 8.15. The van der Waals surface area contributed by atoms with Crippen molar-refractivity contribution in [3.63, 3.8) is 0 Å². The van der Waals surface area contributed by atoms with Crippen LogP contribution < -0.4 is 15.4 Å². The van der Waals surface area contributed by atoms with Crippen molar-refractivity contribution in [2.45, 2.75) is 17.2 Å². The lowest BCUT2D eigenvalue weighted by molar-refractivity contribution is -0.274. The van der Waals surface area contributed by atoms with E-state index < -0.39 is 45.7 Å². The number of Topliss-reactive ketones (excluding diaryl/α,β-unsaturated/α-hetero) is 1. The maximum atomic E-state index is 12.8. The first-order valence-corrected chi connectivity index (χ1v) is 12.4. The Morgan fingerprint density at radius 2 is 1.81 bits per heavy atom. The second-order valence-electron chi connectivity index (χ2n) is 8.06. The number of nitrogens with zero attached hydrogens (tertiary/aromatic N) is 1. The highest BCUT2D eigenvalue weighted by atomic mass is 35.5. The number of carbonyl (C=O) groups excluding carboxylic acids is 3. The van der Waals surface area contributed by atoms with Gasteiger partial charge in [0.15, 0.2) is 0 Å². The summed E-state index contributed by atoms with van der Waals surface area (Å²) in [5.74, 6) is -5.81. The van der Waals surface area contributed by atoms with Crippen molar-refractivity contribution in [3.05, 3.63) is 52.0 Å². The van der Waals surface area contributed by atoms with Crippen LogP contribution in [0.2, 0.25) is 10.0 Å². The maximum Gasteiger partial charge on any atom is 0.573 e. The number of hydrogen-bond acceptors (Lipinski definition) is 6. The van der Waals surface area contributed by atoms with Crippen molar-refractivity contribution in [2.75, 3.05) is 25.0 Å². The van der Waals surface area contributed by atoms with Gasteiger partial charge in [0.05, 0.1) is 14.9 Å². The number of ether oxygens (including phenoxy) is 1. The Bertz CT molecular complexity index is 1360. The molecule has 2 N–H and O–H groups in total. The van der Waals surface area contributed by atoms with Crippen LogP contribution in [-0.4, -0.2) is 56.3 Å². The van der Waals surface area contributed by atoms with Crippen LogP contribution in [0.1, 0.15) is 11.5 Å². The lowest BCUT2D eigenvalue weighted by atomic mass is 9.88. The number of carbonyl (C=O) groups is 3. The number of amides is 2. The van der Waals surface area contributed by atoms with Crippen LogP contribution in [0.15, 0.2) is 41.3 Å². The summed E-state index contributed by atoms with van der Waals surface area (Å²) in [4.78, 5) is 37.1. The van der Waals surface area contributed by atoms with E-state index in [2.05, 4.69) is 15.4 Å². The minimum absolute atomic E-state index is 0.00295. The highest BCUT2D eigenvalue weighted by Crippen LogP contribution is 2.35. The molecule has 36 heavy (non-hydrogen) atoms. The van der Waals surface area contributed by atoms with Crippen molar-refractivity contribution >= 4 is 56.5 Å². The van der Waals surface area contributed by atoms with E-state index in [9.17, 15) is 36.0 Å². The molecule has 1 saturated heterocycles. The van der Waals surface area contributed by atoms with Gasteiger partial charge in [-0.05, 0) is 42.0 Å². The Labute approximate surface area is 212 Å². The van der Waals surface area contributed by atoms with Gasteiger partial charge in [-0.3, -0.25) is 14.4 Å². The smallest absolute Gasteiger partial charge is 0.406 e. The molecule has 2 aromatic rings. The van der Waals surface area contributed by atoms with Crippen molar-refractivity contribution in [1.29, 1.82) is 0 Å². The summed E-state index contributed by atoms with van der Waals surface area (Å²) in [6, 6.07) is 6.79. The lowest BCUT2D eigenvalue weighted by Crippen LogP contribution is -2.54. The van der Waals surface area contributed by atoms with Crippen LogP contribution in [0.25, 0.3) is 0 Å². The van der Waals surface area contributed by atoms with E-state index in [0.717, 1.165) is 18.2 Å². The fourth-order valence-corrected chi connectivity index (χ4v) is 5.77. The second kappa shape index (κ2) is 9.54. The topological polar surface area (TPSA) is 122 Å². The van der Waals surface area contributed by atoms with Crippen LogP contribution in [0.3, 0.4) is 0 Å². The Morgan fingerprint density at radius 3 is 2.44 bits per heavy atom. The minimum atomic E-state index is -5.00. The standard InChI is InChI=1S/C21H16Cl2F3N3O6S/c22-14-3-2-12(6-15(14)23)36(33,34)29-8-10(9-29)7-27-19(31)17-13-5-11(35-21(24,25)26)1-4-16(13)28-20(32)18(17)30/h1-6,10,17H,7-9H2,(H,27,31)(H,28,32). The van der Waals surface area contributed by atoms with E-state index in [1.807, 2.05) is 0 Å². The van der Waals surface area contributed by atoms with E-state index in [1.165, 1.54) is 22.5 Å². The zero-order valence-electron chi connectivity index (χ0n) is 17.9. The van der Waals surface area contributed by atoms with Crippen LogP contribution in [0.4, 0.5) is 18.9 Å². The summed E-state index contributed by atoms with van der Waals surface area (Å²) in [7, 11) is -3.84. The fourth-order valence-electron chi connectivity index (χ4n) is 3.79. The van der Waals surface area contributed by atoms with Crippen molar-refractivity contribution in [2.24, 2.45) is 5.92 Å². The molecule has 4 rings (SSSR count). The number of anilines is 1. The third-order valence-electron chi connectivity index (χ3n) is 5.58. The minimum Gasteiger partial charge on any atom is -0.406 e. The molecule has 0 saturated carbocycles. The number of benzene rings is 2. The summed E-state index contributed by atoms with van der Waals surface area (Å²) >= 11 is 11.7. The molecule has 1 fully saturated rings. The van der Waals surface area contributed by atoms with Gasteiger partial charge in [-0.1, -0.05) is 23.2 Å². The van der Waals surface area contributed by atoms with Crippen molar-refractivity contribution in [3.8, 4) is 5.75 Å². The number of sulfonamides is 1. The van der Waals surface area contributed by atoms with Gasteiger partial charge >= 0.3 is 6.36 Å². The molecule has 2 aliphatic heterocycles. The first-order chi connectivity index (χ1) is 16.8. The van der Waals surface area contributed by atoms with Crippen LogP contribution in [-0.2, 0) is 24.4 Å². The molecule has 9 nitrogen and oxygen atoms in total. The summed E-state index contributed by atoms with van der Waals surface area (Å²) in [5.41, 5.74) is -0.159. The monoisotopic (exact) mass is 565 g/mol. The SMILES string of the molecule is O=C1Nc2ccc(OC(F)(F)F)cc2C(C(=O)NCC2CN(S(=O)(=O)c3ccc(Cl)c(Cl)c3)C2)C1=O. The second-order valence-corrected chi connectivity index (χ2v) is 10.8. The number of halogens is 5. The first kappa shape index (κ1) is 26.2. The first-order valence-electron chi connectivity index (χ1n) is 10.2. The Morgan fingerprint density at radius 1 is 1.11 bits per heavy atom. The third kappa shape index (κ3) is 5.28. The number of alkyl halides is 3. The molecule has 0 spiro atoms. The number of fused-ring (bicyclic) bond motifs is 1. The average Bonchev–Trinajstić information content (AvgIpc) is 2.74. The summed E-state index contributed by atoms with van der Waals surface area (Å²) in [5, 5.41) is 4.98. The maximum absolute atomic E-state index is 12.8. The van der Waals surface area contributed by atoms with Crippen molar-refractivity contribution < 1.29 is 40.7 Å². The van der Waals surface area contributed by atoms with Gasteiger partial charge in [0, 0.05) is 31.2 Å². The predicted molar refractivity (Wildman–Crippen MR) is 121 cm³/mol. The zero-order chi connectivity index (χ0) is 26.4. The van der Waals surface area contributed by atoms with E-state index in [1.54, 1.807) is 0 Å². The van der Waals surface area contributed by atoms with Crippen molar-refractivity contribution in [1.82, 2.24) is 9.62 Å². The predicted octanol–water partition coefficient (Wildman–Crippen LogP) is 2.93. The van der Waals surface area contributed by atoms with Gasteiger partial charge in [-0.25, -0.2) is 8.42 Å². The summed E-state index contributed by atoms with van der Waals surface area (Å²) in [6.07, 6.45) is -5.00. The molecule has 2 aliphatic rings. The molecule has 2 heterocycles. The molecule has 0 aliphatic carbocycles. The Kier molecular flexibility index (Phi) is 6.94. The molecule has 1 unspecified atom stereocenters. The van der Waals surface area contributed by atoms with E-state index in [4.69, 9.17) is 23.2 Å². The highest BCUT2D eigenvalue weighted by Gasteiger charge is 2.42. The van der Waals surface area contributed by atoms with Gasteiger partial charge in [-0.2, -0.15) is 4.31 Å². The Hall–Kier alpha value is -2.87. The molecule has 0 bridgehead atoms. The zero-order valence-corrected chi connectivity index (χ0v) is 20.3. The lowest BCUT2D eigenvalue weighted by Gasteiger charge is -2.38. The molecule has 1 atom stereocenters. The van der Waals surface area contributed by atoms with Gasteiger partial charge in [0.25, 0.3) is 5.91 Å². The van der Waals surface area contributed by atoms with Gasteiger partial charge in [0.2, 0.25) is 21.7 Å². The fraction of sp³-hybridized carbons (Fsp3) is 0.286. The van der Waals surface area contributed by atoms with E-state index in [-0.39, 0.29) is 51.7 Å².